The molecule has 2 unspecified atom stereocenters. The summed E-state index contributed by atoms with van der Waals surface area (Å²) in [5, 5.41) is 8.91. The molecule has 2 heterocycles. The van der Waals surface area contributed by atoms with Crippen molar-refractivity contribution in [1.82, 2.24) is 9.80 Å². The Bertz CT molecular complexity index is 387. The second-order valence-electron chi connectivity index (χ2n) is 4.70. The van der Waals surface area contributed by atoms with Gasteiger partial charge in [-0.2, -0.15) is 0 Å². The monoisotopic (exact) mass is 274 g/mol. The molecular weight excluding hydrogens is 260 g/mol. The van der Waals surface area contributed by atoms with Gasteiger partial charge in [-0.15, -0.1) is 11.6 Å². The molecule has 0 aliphatic carbocycles. The average molecular weight is 275 g/mol. The quantitative estimate of drug-likeness (QED) is 0.721. The van der Waals surface area contributed by atoms with E-state index in [9.17, 15) is 14.4 Å². The molecule has 0 aromatic rings. The van der Waals surface area contributed by atoms with E-state index < -0.39 is 11.9 Å². The smallest absolute Gasteiger partial charge is 0.308 e. The van der Waals surface area contributed by atoms with Crippen LogP contribution in [0.1, 0.15) is 12.8 Å². The third kappa shape index (κ3) is 2.43. The van der Waals surface area contributed by atoms with Crippen LogP contribution in [0.15, 0.2) is 0 Å². The molecule has 1 N–H and O–H groups in total. The molecule has 2 atom stereocenters. The van der Waals surface area contributed by atoms with Crippen molar-refractivity contribution >= 4 is 29.4 Å². The predicted molar refractivity (Wildman–Crippen MR) is 63.2 cm³/mol. The number of halogens is 1. The molecule has 0 saturated carbocycles. The van der Waals surface area contributed by atoms with Gasteiger partial charge in [-0.1, -0.05) is 0 Å². The number of aliphatic carboxylic acids is 1. The Balaban J connectivity index is 1.96. The minimum absolute atomic E-state index is 0.0571. The lowest BCUT2D eigenvalue weighted by molar-refractivity contribution is -0.141. The first-order chi connectivity index (χ1) is 8.52. The fraction of sp³-hybridized carbons (Fsp3) is 0.727. The number of carboxylic acid groups (broad SMARTS) is 1. The first-order valence-electron chi connectivity index (χ1n) is 5.89. The Hall–Kier alpha value is -1.30. The highest BCUT2D eigenvalue weighted by Gasteiger charge is 2.40. The number of hydrogen-bond acceptors (Lipinski definition) is 3. The Morgan fingerprint density at radius 1 is 1.39 bits per heavy atom. The number of carbonyl (C=O) groups is 3. The molecule has 100 valence electrons. The van der Waals surface area contributed by atoms with Crippen molar-refractivity contribution < 1.29 is 19.5 Å². The Morgan fingerprint density at radius 3 is 2.67 bits per heavy atom. The molecule has 6 nitrogen and oxygen atoms in total. The molecule has 2 aliphatic rings. The van der Waals surface area contributed by atoms with Gasteiger partial charge in [-0.05, 0) is 6.42 Å². The molecule has 0 bridgehead atoms. The number of likely N-dealkylation sites (tertiary alicyclic amines) is 2. The summed E-state index contributed by atoms with van der Waals surface area (Å²) in [5.74, 6) is -1.88. The van der Waals surface area contributed by atoms with Crippen molar-refractivity contribution in [3.05, 3.63) is 0 Å². The van der Waals surface area contributed by atoms with Crippen LogP contribution >= 0.6 is 11.6 Å². The van der Waals surface area contributed by atoms with Crippen LogP contribution in [0.2, 0.25) is 0 Å². The van der Waals surface area contributed by atoms with E-state index in [0.717, 1.165) is 0 Å². The number of hydrogen-bond donors (Lipinski definition) is 1. The summed E-state index contributed by atoms with van der Waals surface area (Å²) in [6.07, 6.45) is 0.760. The predicted octanol–water partition coefficient (Wildman–Crippen LogP) is -0.241. The Labute approximate surface area is 109 Å². The minimum Gasteiger partial charge on any atom is -0.481 e. The molecule has 2 amide bonds. The van der Waals surface area contributed by atoms with Crippen LogP contribution in [-0.4, -0.2) is 64.2 Å². The number of rotatable bonds is 3. The maximum atomic E-state index is 11.8. The van der Waals surface area contributed by atoms with Gasteiger partial charge in [0.15, 0.2) is 0 Å². The van der Waals surface area contributed by atoms with Crippen molar-refractivity contribution in [2.24, 2.45) is 5.92 Å². The molecular formula is C11H15ClN2O4. The minimum atomic E-state index is -0.933. The van der Waals surface area contributed by atoms with Gasteiger partial charge >= 0.3 is 5.97 Å². The molecule has 18 heavy (non-hydrogen) atoms. The van der Waals surface area contributed by atoms with Gasteiger partial charge in [-0.3, -0.25) is 14.4 Å². The largest absolute Gasteiger partial charge is 0.481 e. The zero-order valence-corrected chi connectivity index (χ0v) is 10.6. The SMILES string of the molecule is O=C(O)C1CC(=O)N(C2CCN(C(=O)CCl)C2)C1. The van der Waals surface area contributed by atoms with Crippen molar-refractivity contribution in [2.45, 2.75) is 18.9 Å². The third-order valence-corrected chi connectivity index (χ3v) is 3.81. The molecule has 0 spiro atoms. The van der Waals surface area contributed by atoms with Crippen molar-refractivity contribution in [2.75, 3.05) is 25.5 Å². The average Bonchev–Trinajstić information content (AvgIpc) is 2.94. The fourth-order valence-corrected chi connectivity index (χ4v) is 2.73. The second kappa shape index (κ2) is 5.14. The van der Waals surface area contributed by atoms with E-state index >= 15 is 0 Å². The zero-order chi connectivity index (χ0) is 13.3. The third-order valence-electron chi connectivity index (χ3n) is 3.58. The lowest BCUT2D eigenvalue weighted by Gasteiger charge is -2.24. The summed E-state index contributed by atoms with van der Waals surface area (Å²) in [6.45, 7) is 1.29. The highest BCUT2D eigenvalue weighted by atomic mass is 35.5. The summed E-state index contributed by atoms with van der Waals surface area (Å²) in [7, 11) is 0. The van der Waals surface area contributed by atoms with Crippen LogP contribution in [0, 0.1) is 5.92 Å². The van der Waals surface area contributed by atoms with Gasteiger partial charge in [0.05, 0.1) is 12.0 Å². The molecule has 0 radical (unpaired) electrons. The fourth-order valence-electron chi connectivity index (χ4n) is 2.56. The van der Waals surface area contributed by atoms with Gasteiger partial charge in [0.25, 0.3) is 0 Å². The van der Waals surface area contributed by atoms with Gasteiger partial charge in [0.1, 0.15) is 5.88 Å². The Kier molecular flexibility index (Phi) is 3.75. The van der Waals surface area contributed by atoms with Gasteiger partial charge in [0, 0.05) is 26.1 Å². The summed E-state index contributed by atoms with van der Waals surface area (Å²) < 4.78 is 0. The van der Waals surface area contributed by atoms with Crippen LogP contribution in [0.3, 0.4) is 0 Å². The summed E-state index contributed by atoms with van der Waals surface area (Å²) >= 11 is 5.48. The molecule has 2 aliphatic heterocycles. The van der Waals surface area contributed by atoms with Gasteiger partial charge in [-0.25, -0.2) is 0 Å². The number of carboxylic acids is 1. The van der Waals surface area contributed by atoms with E-state index in [1.807, 2.05) is 0 Å². The topological polar surface area (TPSA) is 77.9 Å². The van der Waals surface area contributed by atoms with Crippen molar-refractivity contribution in [3.8, 4) is 0 Å². The second-order valence-corrected chi connectivity index (χ2v) is 4.97. The van der Waals surface area contributed by atoms with E-state index in [2.05, 4.69) is 0 Å². The maximum Gasteiger partial charge on any atom is 0.308 e. The normalized spacial score (nSPS) is 27.9. The molecule has 7 heteroatoms. The van der Waals surface area contributed by atoms with Crippen molar-refractivity contribution in [1.29, 1.82) is 0 Å². The molecule has 0 aromatic heterocycles. The van der Waals surface area contributed by atoms with Crippen LogP contribution in [0.5, 0.6) is 0 Å². The molecule has 2 saturated heterocycles. The lowest BCUT2D eigenvalue weighted by atomic mass is 10.1. The first kappa shape index (κ1) is 13.1. The van der Waals surface area contributed by atoms with Crippen LogP contribution in [0.4, 0.5) is 0 Å². The first-order valence-corrected chi connectivity index (χ1v) is 6.42. The Morgan fingerprint density at radius 2 is 2.11 bits per heavy atom. The number of nitrogens with zero attached hydrogens (tertiary/aromatic N) is 2. The van der Waals surface area contributed by atoms with E-state index in [4.69, 9.17) is 16.7 Å². The summed E-state index contributed by atoms with van der Waals surface area (Å²) in [4.78, 5) is 37.3. The zero-order valence-electron chi connectivity index (χ0n) is 9.84. The number of carbonyl (C=O) groups excluding carboxylic acids is 2. The molecule has 2 fully saturated rings. The maximum absolute atomic E-state index is 11.8. The van der Waals surface area contributed by atoms with E-state index in [-0.39, 0.29) is 36.7 Å². The highest BCUT2D eigenvalue weighted by molar-refractivity contribution is 6.27. The van der Waals surface area contributed by atoms with Gasteiger partial charge in [0.2, 0.25) is 11.8 Å². The van der Waals surface area contributed by atoms with Gasteiger partial charge < -0.3 is 14.9 Å². The van der Waals surface area contributed by atoms with Crippen LogP contribution < -0.4 is 0 Å². The van der Waals surface area contributed by atoms with E-state index in [0.29, 0.717) is 19.5 Å². The molecule has 2 rings (SSSR count). The number of amides is 2. The summed E-state index contributed by atoms with van der Waals surface area (Å²) in [6, 6.07) is -0.0611. The van der Waals surface area contributed by atoms with E-state index in [1.165, 1.54) is 0 Å². The highest BCUT2D eigenvalue weighted by Crippen LogP contribution is 2.25. The standard InChI is InChI=1S/C11H15ClN2O4/c12-4-10(16)13-2-1-8(6-13)14-5-7(11(17)18)3-9(14)15/h7-8H,1-6H2,(H,17,18). The van der Waals surface area contributed by atoms with Crippen LogP contribution in [-0.2, 0) is 14.4 Å². The number of alkyl halides is 1. The summed E-state index contributed by atoms with van der Waals surface area (Å²) in [5.41, 5.74) is 0. The van der Waals surface area contributed by atoms with E-state index in [1.54, 1.807) is 9.80 Å². The lowest BCUT2D eigenvalue weighted by Crippen LogP contribution is -2.40. The van der Waals surface area contributed by atoms with Crippen LogP contribution in [0.25, 0.3) is 0 Å². The van der Waals surface area contributed by atoms with Crippen molar-refractivity contribution in [3.63, 3.8) is 0 Å². The molecule has 0 aromatic carbocycles.